The fourth-order valence-corrected chi connectivity index (χ4v) is 4.28. The number of hydrogen-bond donors (Lipinski definition) is 2. The van der Waals surface area contributed by atoms with Crippen LogP contribution in [0.5, 0.6) is 0 Å². The lowest BCUT2D eigenvalue weighted by atomic mass is 10.1. The summed E-state index contributed by atoms with van der Waals surface area (Å²) in [6.07, 6.45) is 0. The fraction of sp³-hybridized carbons (Fsp3) is 0.350. The number of aryl methyl sites for hydroxylation is 6. The number of nitrogens with zero attached hydrogens (tertiary/aromatic N) is 2. The van der Waals surface area contributed by atoms with Gasteiger partial charge < -0.3 is 10.6 Å². The number of nitrogens with one attached hydrogen (secondary N) is 2. The van der Waals surface area contributed by atoms with E-state index in [1.54, 1.807) is 11.3 Å². The third-order valence-electron chi connectivity index (χ3n) is 4.50. The van der Waals surface area contributed by atoms with E-state index in [0.29, 0.717) is 5.82 Å². The Bertz CT molecular complexity index is 984. The van der Waals surface area contributed by atoms with E-state index in [0.717, 1.165) is 38.4 Å². The molecule has 2 heterocycles. The number of hydrogen-bond acceptors (Lipinski definition) is 5. The summed E-state index contributed by atoms with van der Waals surface area (Å²) in [6.45, 7) is 12.3. The molecule has 0 saturated carbocycles. The summed E-state index contributed by atoms with van der Waals surface area (Å²) in [6, 6.07) is 4.15. The normalized spacial score (nSPS) is 11.0. The maximum atomic E-state index is 12.5. The van der Waals surface area contributed by atoms with Gasteiger partial charge in [0.2, 0.25) is 5.91 Å². The van der Waals surface area contributed by atoms with E-state index in [-0.39, 0.29) is 12.5 Å². The summed E-state index contributed by atoms with van der Waals surface area (Å²) in [5.41, 5.74) is 5.38. The summed E-state index contributed by atoms with van der Waals surface area (Å²) >= 11 is 1.66. The van der Waals surface area contributed by atoms with Crippen LogP contribution >= 0.6 is 11.3 Å². The molecule has 0 aliphatic heterocycles. The highest BCUT2D eigenvalue weighted by Gasteiger charge is 2.15. The standard InChI is InChI=1S/C20H24N4OS/c1-10-7-11(2)18(12(3)8-10)24-16(25)9-21-19-17-13(4)14(5)26-20(17)23-15(6)22-19/h7-8H,9H2,1-6H3,(H,24,25)(H,21,22,23). The highest BCUT2D eigenvalue weighted by Crippen LogP contribution is 2.33. The first kappa shape index (κ1) is 18.3. The van der Waals surface area contributed by atoms with Crippen LogP contribution in [-0.4, -0.2) is 22.4 Å². The van der Waals surface area contributed by atoms with Crippen LogP contribution in [0.15, 0.2) is 12.1 Å². The number of thiophene rings is 1. The van der Waals surface area contributed by atoms with Gasteiger partial charge in [0.25, 0.3) is 0 Å². The Hall–Kier alpha value is -2.47. The van der Waals surface area contributed by atoms with Gasteiger partial charge in [0, 0.05) is 10.6 Å². The van der Waals surface area contributed by atoms with Crippen LogP contribution in [0.1, 0.15) is 33.0 Å². The van der Waals surface area contributed by atoms with Crippen molar-refractivity contribution in [2.24, 2.45) is 0 Å². The number of aromatic nitrogens is 2. The topological polar surface area (TPSA) is 66.9 Å². The lowest BCUT2D eigenvalue weighted by molar-refractivity contribution is -0.114. The molecule has 0 spiro atoms. The Morgan fingerprint density at radius 2 is 1.69 bits per heavy atom. The summed E-state index contributed by atoms with van der Waals surface area (Å²) in [7, 11) is 0. The molecule has 26 heavy (non-hydrogen) atoms. The molecule has 5 nitrogen and oxygen atoms in total. The maximum Gasteiger partial charge on any atom is 0.243 e. The molecule has 3 aromatic rings. The van der Waals surface area contributed by atoms with Gasteiger partial charge in [-0.05, 0) is 58.2 Å². The van der Waals surface area contributed by atoms with Gasteiger partial charge in [-0.3, -0.25) is 4.79 Å². The van der Waals surface area contributed by atoms with E-state index >= 15 is 0 Å². The zero-order valence-electron chi connectivity index (χ0n) is 16.1. The molecule has 0 radical (unpaired) electrons. The van der Waals surface area contributed by atoms with Crippen molar-refractivity contribution in [3.63, 3.8) is 0 Å². The SMILES string of the molecule is Cc1cc(C)c(NC(=O)CNc2nc(C)nc3sc(C)c(C)c23)c(C)c1. The van der Waals surface area contributed by atoms with Crippen molar-refractivity contribution in [1.82, 2.24) is 9.97 Å². The average Bonchev–Trinajstić information content (AvgIpc) is 2.83. The molecule has 0 atom stereocenters. The van der Waals surface area contributed by atoms with E-state index in [1.165, 1.54) is 10.4 Å². The van der Waals surface area contributed by atoms with Crippen molar-refractivity contribution in [2.75, 3.05) is 17.2 Å². The molecule has 3 rings (SSSR count). The summed E-state index contributed by atoms with van der Waals surface area (Å²) in [4.78, 5) is 23.7. The molecule has 1 amide bonds. The summed E-state index contributed by atoms with van der Waals surface area (Å²) in [5, 5.41) is 7.22. The summed E-state index contributed by atoms with van der Waals surface area (Å²) in [5.74, 6) is 1.34. The molecular formula is C20H24N4OS. The lowest BCUT2D eigenvalue weighted by Crippen LogP contribution is -2.23. The van der Waals surface area contributed by atoms with Crippen molar-refractivity contribution in [3.8, 4) is 0 Å². The van der Waals surface area contributed by atoms with Gasteiger partial charge in [-0.1, -0.05) is 17.7 Å². The minimum Gasteiger partial charge on any atom is -0.360 e. The van der Waals surface area contributed by atoms with E-state index in [4.69, 9.17) is 0 Å². The molecule has 2 aromatic heterocycles. The van der Waals surface area contributed by atoms with Gasteiger partial charge >= 0.3 is 0 Å². The van der Waals surface area contributed by atoms with Crippen LogP contribution < -0.4 is 10.6 Å². The second-order valence-corrected chi connectivity index (χ2v) is 7.96. The van der Waals surface area contributed by atoms with Crippen molar-refractivity contribution in [1.29, 1.82) is 0 Å². The van der Waals surface area contributed by atoms with Crippen LogP contribution in [0, 0.1) is 41.5 Å². The van der Waals surface area contributed by atoms with Gasteiger partial charge in [0.05, 0.1) is 11.9 Å². The third kappa shape index (κ3) is 3.55. The van der Waals surface area contributed by atoms with E-state index in [2.05, 4.69) is 53.5 Å². The van der Waals surface area contributed by atoms with Crippen LogP contribution in [0.25, 0.3) is 10.2 Å². The first-order chi connectivity index (χ1) is 12.3. The van der Waals surface area contributed by atoms with Crippen molar-refractivity contribution < 1.29 is 4.79 Å². The Balaban J connectivity index is 1.79. The average molecular weight is 369 g/mol. The maximum absolute atomic E-state index is 12.5. The number of rotatable bonds is 4. The Kier molecular flexibility index (Phi) is 4.96. The number of fused-ring (bicyclic) bond motifs is 1. The van der Waals surface area contributed by atoms with Gasteiger partial charge in [-0.25, -0.2) is 9.97 Å². The predicted molar refractivity (Wildman–Crippen MR) is 109 cm³/mol. The summed E-state index contributed by atoms with van der Waals surface area (Å²) < 4.78 is 0. The Labute approximate surface area is 157 Å². The molecule has 136 valence electrons. The molecular weight excluding hydrogens is 344 g/mol. The second-order valence-electron chi connectivity index (χ2n) is 6.76. The molecule has 6 heteroatoms. The smallest absolute Gasteiger partial charge is 0.243 e. The van der Waals surface area contributed by atoms with E-state index < -0.39 is 0 Å². The number of carbonyl (C=O) groups is 1. The van der Waals surface area contributed by atoms with E-state index in [1.807, 2.05) is 20.8 Å². The Morgan fingerprint density at radius 3 is 2.35 bits per heavy atom. The van der Waals surface area contributed by atoms with Crippen molar-refractivity contribution in [3.05, 3.63) is 45.1 Å². The molecule has 0 aliphatic rings. The third-order valence-corrected chi connectivity index (χ3v) is 5.60. The molecule has 0 saturated heterocycles. The van der Waals surface area contributed by atoms with Gasteiger partial charge in [0.1, 0.15) is 16.5 Å². The minimum absolute atomic E-state index is 0.0888. The van der Waals surface area contributed by atoms with Crippen molar-refractivity contribution in [2.45, 2.75) is 41.5 Å². The Morgan fingerprint density at radius 1 is 1.04 bits per heavy atom. The molecule has 0 unspecified atom stereocenters. The second kappa shape index (κ2) is 7.03. The molecule has 2 N–H and O–H groups in total. The van der Waals surface area contributed by atoms with E-state index in [9.17, 15) is 4.79 Å². The van der Waals surface area contributed by atoms with Crippen LogP contribution in [-0.2, 0) is 4.79 Å². The van der Waals surface area contributed by atoms with Crippen LogP contribution in [0.3, 0.4) is 0 Å². The van der Waals surface area contributed by atoms with Gasteiger partial charge in [0.15, 0.2) is 0 Å². The largest absolute Gasteiger partial charge is 0.360 e. The minimum atomic E-state index is -0.0888. The number of benzene rings is 1. The number of amides is 1. The highest BCUT2D eigenvalue weighted by molar-refractivity contribution is 7.18. The monoisotopic (exact) mass is 368 g/mol. The number of anilines is 2. The predicted octanol–water partition coefficient (Wildman–Crippen LogP) is 4.59. The molecule has 0 bridgehead atoms. The first-order valence-electron chi connectivity index (χ1n) is 8.62. The zero-order chi connectivity index (χ0) is 19.0. The molecule has 0 fully saturated rings. The van der Waals surface area contributed by atoms with Crippen LogP contribution in [0.4, 0.5) is 11.5 Å². The fourth-order valence-electron chi connectivity index (χ4n) is 3.21. The van der Waals surface area contributed by atoms with Gasteiger partial charge in [-0.2, -0.15) is 0 Å². The molecule has 0 aliphatic carbocycles. The number of carbonyl (C=O) groups excluding carboxylic acids is 1. The first-order valence-corrected chi connectivity index (χ1v) is 9.44. The zero-order valence-corrected chi connectivity index (χ0v) is 16.9. The highest BCUT2D eigenvalue weighted by atomic mass is 32.1. The quantitative estimate of drug-likeness (QED) is 0.707. The lowest BCUT2D eigenvalue weighted by Gasteiger charge is -2.14. The molecule has 1 aromatic carbocycles. The van der Waals surface area contributed by atoms with Gasteiger partial charge in [-0.15, -0.1) is 11.3 Å². The van der Waals surface area contributed by atoms with Crippen LogP contribution in [0.2, 0.25) is 0 Å². The van der Waals surface area contributed by atoms with Crippen molar-refractivity contribution >= 4 is 39.0 Å².